The van der Waals surface area contributed by atoms with Gasteiger partial charge in [-0.2, -0.15) is 0 Å². The van der Waals surface area contributed by atoms with Gasteiger partial charge in [-0.15, -0.1) is 0 Å². The summed E-state index contributed by atoms with van der Waals surface area (Å²) in [6, 6.07) is 7.79. The average molecular weight is 219 g/mol. The molecule has 0 spiro atoms. The van der Waals surface area contributed by atoms with Crippen molar-refractivity contribution in [3.05, 3.63) is 45.8 Å². The molecule has 16 heavy (non-hydrogen) atoms. The van der Waals surface area contributed by atoms with Crippen molar-refractivity contribution in [2.24, 2.45) is 11.0 Å². The molecule has 86 valence electrons. The van der Waals surface area contributed by atoms with Gasteiger partial charge in [-0.3, -0.25) is 0 Å². The first-order chi connectivity index (χ1) is 7.63. The van der Waals surface area contributed by atoms with Crippen LogP contribution in [0.1, 0.15) is 31.1 Å². The Morgan fingerprint density at radius 3 is 2.44 bits per heavy atom. The fourth-order valence-corrected chi connectivity index (χ4v) is 1.57. The standard InChI is InChI=1S/C12H17N3O/c1-9(2)7-10-3-5-11(6-4-10)12(16)8-14-15-13/h3-6,9,12,16H,7-8H2,1-2H3/t12-/m0/s1. The van der Waals surface area contributed by atoms with Crippen molar-refractivity contribution in [1.29, 1.82) is 0 Å². The third-order valence-corrected chi connectivity index (χ3v) is 2.33. The van der Waals surface area contributed by atoms with Gasteiger partial charge < -0.3 is 5.11 Å². The molecule has 0 aromatic heterocycles. The molecular weight excluding hydrogens is 202 g/mol. The van der Waals surface area contributed by atoms with Gasteiger partial charge in [0.05, 0.1) is 12.6 Å². The highest BCUT2D eigenvalue weighted by Gasteiger charge is 2.06. The van der Waals surface area contributed by atoms with E-state index in [0.29, 0.717) is 5.92 Å². The molecule has 0 unspecified atom stereocenters. The first-order valence-corrected chi connectivity index (χ1v) is 5.41. The Bertz CT molecular complexity index is 366. The zero-order chi connectivity index (χ0) is 12.0. The maximum absolute atomic E-state index is 9.66. The van der Waals surface area contributed by atoms with Gasteiger partial charge >= 0.3 is 0 Å². The molecule has 1 rings (SSSR count). The summed E-state index contributed by atoms with van der Waals surface area (Å²) in [6.07, 6.45) is 0.330. The summed E-state index contributed by atoms with van der Waals surface area (Å²) in [6.45, 7) is 4.43. The van der Waals surface area contributed by atoms with Gasteiger partial charge in [0.1, 0.15) is 0 Å². The van der Waals surface area contributed by atoms with Crippen molar-refractivity contribution in [3.8, 4) is 0 Å². The summed E-state index contributed by atoms with van der Waals surface area (Å²) in [5.74, 6) is 0.624. The molecule has 0 heterocycles. The van der Waals surface area contributed by atoms with Crippen LogP contribution >= 0.6 is 0 Å². The number of aliphatic hydroxyl groups excluding tert-OH is 1. The van der Waals surface area contributed by atoms with E-state index >= 15 is 0 Å². The van der Waals surface area contributed by atoms with Crippen LogP contribution in [0.3, 0.4) is 0 Å². The molecule has 0 saturated carbocycles. The van der Waals surface area contributed by atoms with E-state index in [9.17, 15) is 5.11 Å². The number of rotatable bonds is 5. The second-order valence-corrected chi connectivity index (χ2v) is 4.27. The van der Waals surface area contributed by atoms with Crippen LogP contribution in [-0.2, 0) is 6.42 Å². The fourth-order valence-electron chi connectivity index (χ4n) is 1.57. The maximum atomic E-state index is 9.66. The highest BCUT2D eigenvalue weighted by molar-refractivity contribution is 5.24. The predicted molar refractivity (Wildman–Crippen MR) is 64.0 cm³/mol. The van der Waals surface area contributed by atoms with Crippen LogP contribution in [-0.4, -0.2) is 11.7 Å². The third kappa shape index (κ3) is 3.93. The van der Waals surface area contributed by atoms with Gasteiger partial charge in [-0.1, -0.05) is 43.2 Å². The maximum Gasteiger partial charge on any atom is 0.0846 e. The fraction of sp³-hybridized carbons (Fsp3) is 0.500. The molecule has 0 fully saturated rings. The highest BCUT2D eigenvalue weighted by atomic mass is 16.3. The summed E-state index contributed by atoms with van der Waals surface area (Å²) in [7, 11) is 0. The van der Waals surface area contributed by atoms with Crippen LogP contribution in [0, 0.1) is 5.92 Å². The molecule has 1 aromatic carbocycles. The molecule has 0 bridgehead atoms. The SMILES string of the molecule is CC(C)Cc1ccc([C@@H](O)CN=[N+]=[N-])cc1. The first-order valence-electron chi connectivity index (χ1n) is 5.41. The zero-order valence-corrected chi connectivity index (χ0v) is 9.67. The van der Waals surface area contributed by atoms with E-state index in [0.717, 1.165) is 12.0 Å². The second kappa shape index (κ2) is 6.16. The molecule has 0 aliphatic rings. The van der Waals surface area contributed by atoms with Gasteiger partial charge in [0.2, 0.25) is 0 Å². The van der Waals surface area contributed by atoms with Gasteiger partial charge in [-0.05, 0) is 29.0 Å². The minimum Gasteiger partial charge on any atom is -0.388 e. The molecule has 0 radical (unpaired) electrons. The Morgan fingerprint density at radius 2 is 1.94 bits per heavy atom. The van der Waals surface area contributed by atoms with Crippen molar-refractivity contribution in [1.82, 2.24) is 0 Å². The number of hydrogen-bond donors (Lipinski definition) is 1. The van der Waals surface area contributed by atoms with Crippen LogP contribution < -0.4 is 0 Å². The van der Waals surface area contributed by atoms with Crippen molar-refractivity contribution >= 4 is 0 Å². The van der Waals surface area contributed by atoms with Crippen molar-refractivity contribution in [2.45, 2.75) is 26.4 Å². The summed E-state index contributed by atoms with van der Waals surface area (Å²) in [5, 5.41) is 13.0. The summed E-state index contributed by atoms with van der Waals surface area (Å²) < 4.78 is 0. The molecule has 0 amide bonds. The number of hydrogen-bond acceptors (Lipinski definition) is 2. The van der Waals surface area contributed by atoms with Gasteiger partial charge in [-0.25, -0.2) is 0 Å². The molecule has 0 aliphatic heterocycles. The molecule has 4 heteroatoms. The van der Waals surface area contributed by atoms with E-state index in [4.69, 9.17) is 5.53 Å². The highest BCUT2D eigenvalue weighted by Crippen LogP contribution is 2.16. The lowest BCUT2D eigenvalue weighted by atomic mass is 10.0. The minimum atomic E-state index is -0.705. The minimum absolute atomic E-state index is 0.0834. The average Bonchev–Trinajstić information content (AvgIpc) is 2.26. The molecule has 1 aromatic rings. The first kappa shape index (κ1) is 12.6. The van der Waals surface area contributed by atoms with Gasteiger partial charge in [0, 0.05) is 4.91 Å². The van der Waals surface area contributed by atoms with Gasteiger partial charge in [0.15, 0.2) is 0 Å². The van der Waals surface area contributed by atoms with Crippen LogP contribution in [0.4, 0.5) is 0 Å². The van der Waals surface area contributed by atoms with Crippen LogP contribution in [0.5, 0.6) is 0 Å². The lowest BCUT2D eigenvalue weighted by Gasteiger charge is -2.09. The Labute approximate surface area is 95.5 Å². The Morgan fingerprint density at radius 1 is 1.31 bits per heavy atom. The normalized spacial score (nSPS) is 12.2. The number of azide groups is 1. The summed E-state index contributed by atoms with van der Waals surface area (Å²) >= 11 is 0. The van der Waals surface area contributed by atoms with E-state index in [-0.39, 0.29) is 6.54 Å². The second-order valence-electron chi connectivity index (χ2n) is 4.27. The van der Waals surface area contributed by atoms with Crippen LogP contribution in [0.25, 0.3) is 10.4 Å². The van der Waals surface area contributed by atoms with Crippen LogP contribution in [0.15, 0.2) is 29.4 Å². The predicted octanol–water partition coefficient (Wildman–Crippen LogP) is 3.23. The summed E-state index contributed by atoms with van der Waals surface area (Å²) in [4.78, 5) is 2.62. The number of aliphatic hydroxyl groups is 1. The lowest BCUT2D eigenvalue weighted by molar-refractivity contribution is 0.187. The smallest absolute Gasteiger partial charge is 0.0846 e. The zero-order valence-electron chi connectivity index (χ0n) is 9.67. The van der Waals surface area contributed by atoms with E-state index in [1.54, 1.807) is 0 Å². The number of benzene rings is 1. The van der Waals surface area contributed by atoms with E-state index < -0.39 is 6.10 Å². The van der Waals surface area contributed by atoms with Crippen molar-refractivity contribution in [2.75, 3.05) is 6.54 Å². The Kier molecular flexibility index (Phi) is 4.83. The molecule has 4 nitrogen and oxygen atoms in total. The molecule has 0 saturated heterocycles. The van der Waals surface area contributed by atoms with Crippen molar-refractivity contribution < 1.29 is 5.11 Å². The van der Waals surface area contributed by atoms with Gasteiger partial charge in [0.25, 0.3) is 0 Å². The van der Waals surface area contributed by atoms with Crippen molar-refractivity contribution in [3.63, 3.8) is 0 Å². The Hall–Kier alpha value is -1.51. The third-order valence-electron chi connectivity index (χ3n) is 2.33. The van der Waals surface area contributed by atoms with E-state index in [1.165, 1.54) is 5.56 Å². The molecular formula is C12H17N3O. The molecule has 1 N–H and O–H groups in total. The summed E-state index contributed by atoms with van der Waals surface area (Å²) in [5.41, 5.74) is 10.2. The Balaban J connectivity index is 2.66. The van der Waals surface area contributed by atoms with E-state index in [1.807, 2.05) is 24.3 Å². The topological polar surface area (TPSA) is 69.0 Å². The largest absolute Gasteiger partial charge is 0.388 e. The van der Waals surface area contributed by atoms with E-state index in [2.05, 4.69) is 23.9 Å². The lowest BCUT2D eigenvalue weighted by Crippen LogP contribution is -2.01. The molecule has 0 aliphatic carbocycles. The number of nitrogens with zero attached hydrogens (tertiary/aromatic N) is 3. The molecule has 1 atom stereocenters. The quantitative estimate of drug-likeness (QED) is 0.461. The van der Waals surface area contributed by atoms with Crippen LogP contribution in [0.2, 0.25) is 0 Å². The monoisotopic (exact) mass is 219 g/mol.